The molecule has 15 heavy (non-hydrogen) atoms. The topological polar surface area (TPSA) is 51.0 Å². The highest BCUT2D eigenvalue weighted by Crippen LogP contribution is 2.25. The molecule has 0 amide bonds. The molecule has 1 atom stereocenters. The van der Waals surface area contributed by atoms with Crippen LogP contribution in [0.4, 0.5) is 0 Å². The van der Waals surface area contributed by atoms with Crippen LogP contribution < -0.4 is 5.73 Å². The Hall–Kier alpha value is -0.800. The third kappa shape index (κ3) is 2.08. The van der Waals surface area contributed by atoms with E-state index in [-0.39, 0.29) is 0 Å². The van der Waals surface area contributed by atoms with E-state index < -0.39 is 0 Å². The zero-order valence-electron chi connectivity index (χ0n) is 9.60. The Bertz CT molecular complexity index is 344. The van der Waals surface area contributed by atoms with Crippen molar-refractivity contribution in [1.29, 1.82) is 0 Å². The van der Waals surface area contributed by atoms with Crippen molar-refractivity contribution in [3.05, 3.63) is 22.5 Å². The van der Waals surface area contributed by atoms with Crippen LogP contribution in [0.2, 0.25) is 0 Å². The maximum absolute atomic E-state index is 5.67. The van der Waals surface area contributed by atoms with E-state index in [1.54, 1.807) is 0 Å². The summed E-state index contributed by atoms with van der Waals surface area (Å²) in [5.74, 6) is 0.547. The highest BCUT2D eigenvalue weighted by molar-refractivity contribution is 5.37. The average molecular weight is 208 g/mol. The minimum atomic E-state index is 0.547. The first kappa shape index (κ1) is 10.7. The summed E-state index contributed by atoms with van der Waals surface area (Å²) in [5.41, 5.74) is 11.2. The van der Waals surface area contributed by atoms with E-state index >= 15 is 0 Å². The van der Waals surface area contributed by atoms with Gasteiger partial charge in [0.2, 0.25) is 0 Å². The summed E-state index contributed by atoms with van der Waals surface area (Å²) in [4.78, 5) is 3.47. The number of fused-ring (bicyclic) bond motifs is 1. The lowest BCUT2D eigenvalue weighted by Gasteiger charge is -2.15. The molecule has 0 saturated heterocycles. The third-order valence-electron chi connectivity index (χ3n) is 3.22. The van der Waals surface area contributed by atoms with Gasteiger partial charge in [-0.1, -0.05) is 6.92 Å². The average Bonchev–Trinajstić information content (AvgIpc) is 2.55. The van der Waals surface area contributed by atoms with Crippen LogP contribution in [0, 0.1) is 12.8 Å². The van der Waals surface area contributed by atoms with Gasteiger partial charge >= 0.3 is 0 Å². The van der Waals surface area contributed by atoms with E-state index in [2.05, 4.69) is 18.8 Å². The fourth-order valence-electron chi connectivity index (χ4n) is 2.23. The molecule has 1 aromatic heterocycles. The van der Waals surface area contributed by atoms with E-state index in [1.807, 2.05) is 0 Å². The van der Waals surface area contributed by atoms with Crippen LogP contribution in [0.15, 0.2) is 0 Å². The Morgan fingerprint density at radius 3 is 3.07 bits per heavy atom. The highest BCUT2D eigenvalue weighted by atomic mass is 16.5. The highest BCUT2D eigenvalue weighted by Gasteiger charge is 2.19. The molecule has 1 aliphatic rings. The molecule has 0 aromatic carbocycles. The van der Waals surface area contributed by atoms with Gasteiger partial charge in [-0.25, -0.2) is 0 Å². The standard InChI is InChI=1S/C12H20N2O/c1-8(6-13)5-10-9(2)14-12-3-4-15-7-11(10)12/h8,14H,3-7,13H2,1-2H3. The van der Waals surface area contributed by atoms with Crippen LogP contribution >= 0.6 is 0 Å². The number of nitrogens with one attached hydrogen (secondary N) is 1. The Kier molecular flexibility index (Phi) is 3.12. The van der Waals surface area contributed by atoms with Gasteiger partial charge in [-0.15, -0.1) is 0 Å². The monoisotopic (exact) mass is 208 g/mol. The number of H-pyrrole nitrogens is 1. The normalized spacial score (nSPS) is 17.5. The fraction of sp³-hybridized carbons (Fsp3) is 0.667. The first-order valence-corrected chi connectivity index (χ1v) is 5.69. The second-order valence-corrected chi connectivity index (χ2v) is 4.53. The van der Waals surface area contributed by atoms with E-state index in [1.165, 1.54) is 22.5 Å². The number of rotatable bonds is 3. The van der Waals surface area contributed by atoms with Crippen molar-refractivity contribution < 1.29 is 4.74 Å². The zero-order valence-corrected chi connectivity index (χ0v) is 9.60. The summed E-state index contributed by atoms with van der Waals surface area (Å²) in [6.45, 7) is 6.71. The van der Waals surface area contributed by atoms with Gasteiger partial charge in [0.25, 0.3) is 0 Å². The minimum absolute atomic E-state index is 0.547. The molecular formula is C12H20N2O. The van der Waals surface area contributed by atoms with Crippen LogP contribution in [0.5, 0.6) is 0 Å². The molecule has 3 heteroatoms. The van der Waals surface area contributed by atoms with Crippen LogP contribution in [-0.4, -0.2) is 18.1 Å². The van der Waals surface area contributed by atoms with E-state index in [0.29, 0.717) is 5.92 Å². The molecule has 0 radical (unpaired) electrons. The lowest BCUT2D eigenvalue weighted by atomic mass is 9.96. The van der Waals surface area contributed by atoms with Crippen molar-refractivity contribution in [3.63, 3.8) is 0 Å². The van der Waals surface area contributed by atoms with Crippen LogP contribution in [-0.2, 0) is 24.2 Å². The van der Waals surface area contributed by atoms with Crippen LogP contribution in [0.3, 0.4) is 0 Å². The number of aromatic amines is 1. The molecule has 3 nitrogen and oxygen atoms in total. The summed E-state index contributed by atoms with van der Waals surface area (Å²) in [7, 11) is 0. The summed E-state index contributed by atoms with van der Waals surface area (Å²) in [5, 5.41) is 0. The zero-order chi connectivity index (χ0) is 10.8. The number of hydrogen-bond donors (Lipinski definition) is 2. The van der Waals surface area contributed by atoms with Crippen molar-refractivity contribution >= 4 is 0 Å². The Balaban J connectivity index is 2.25. The predicted octanol–water partition coefficient (Wildman–Crippen LogP) is 1.53. The molecule has 0 bridgehead atoms. The van der Waals surface area contributed by atoms with Gasteiger partial charge < -0.3 is 15.5 Å². The summed E-state index contributed by atoms with van der Waals surface area (Å²) < 4.78 is 5.51. The Morgan fingerprint density at radius 2 is 2.33 bits per heavy atom. The number of aromatic nitrogens is 1. The second-order valence-electron chi connectivity index (χ2n) is 4.53. The van der Waals surface area contributed by atoms with Crippen molar-refractivity contribution in [2.45, 2.75) is 33.3 Å². The largest absolute Gasteiger partial charge is 0.376 e. The van der Waals surface area contributed by atoms with E-state index in [9.17, 15) is 0 Å². The molecule has 1 aliphatic heterocycles. The molecule has 1 aromatic rings. The summed E-state index contributed by atoms with van der Waals surface area (Å²) >= 11 is 0. The first-order chi connectivity index (χ1) is 7.22. The molecule has 0 spiro atoms. The van der Waals surface area contributed by atoms with Gasteiger partial charge in [-0.05, 0) is 31.4 Å². The maximum atomic E-state index is 5.67. The van der Waals surface area contributed by atoms with E-state index in [4.69, 9.17) is 10.5 Å². The Morgan fingerprint density at radius 1 is 1.53 bits per heavy atom. The predicted molar refractivity (Wildman–Crippen MR) is 60.8 cm³/mol. The van der Waals surface area contributed by atoms with Crippen LogP contribution in [0.1, 0.15) is 29.4 Å². The molecular weight excluding hydrogens is 188 g/mol. The van der Waals surface area contributed by atoms with Gasteiger partial charge in [0.15, 0.2) is 0 Å². The van der Waals surface area contributed by atoms with Crippen molar-refractivity contribution in [2.75, 3.05) is 13.2 Å². The van der Waals surface area contributed by atoms with Crippen LogP contribution in [0.25, 0.3) is 0 Å². The van der Waals surface area contributed by atoms with Gasteiger partial charge in [0.05, 0.1) is 13.2 Å². The smallest absolute Gasteiger partial charge is 0.0737 e. The van der Waals surface area contributed by atoms with Crippen molar-refractivity contribution in [2.24, 2.45) is 11.7 Å². The molecule has 0 aliphatic carbocycles. The molecule has 1 unspecified atom stereocenters. The number of ether oxygens (including phenoxy) is 1. The van der Waals surface area contributed by atoms with E-state index in [0.717, 1.165) is 32.6 Å². The fourth-order valence-corrected chi connectivity index (χ4v) is 2.23. The van der Waals surface area contributed by atoms with Gasteiger partial charge in [-0.3, -0.25) is 0 Å². The van der Waals surface area contributed by atoms with Crippen molar-refractivity contribution in [3.8, 4) is 0 Å². The second kappa shape index (κ2) is 4.37. The summed E-state index contributed by atoms with van der Waals surface area (Å²) in [6.07, 6.45) is 2.09. The van der Waals surface area contributed by atoms with Gasteiger partial charge in [0.1, 0.15) is 0 Å². The molecule has 3 N–H and O–H groups in total. The minimum Gasteiger partial charge on any atom is -0.376 e. The SMILES string of the molecule is Cc1[nH]c2c(c1CC(C)CN)COCC2. The lowest BCUT2D eigenvalue weighted by molar-refractivity contribution is 0.109. The number of aryl methyl sites for hydroxylation is 1. The molecule has 2 heterocycles. The lowest BCUT2D eigenvalue weighted by Crippen LogP contribution is -2.15. The third-order valence-corrected chi connectivity index (χ3v) is 3.22. The molecule has 84 valence electrons. The Labute approximate surface area is 91.0 Å². The molecule has 0 saturated carbocycles. The number of hydrogen-bond acceptors (Lipinski definition) is 2. The summed E-state index contributed by atoms with van der Waals surface area (Å²) in [6, 6.07) is 0. The van der Waals surface area contributed by atoms with Gasteiger partial charge in [0, 0.05) is 23.4 Å². The van der Waals surface area contributed by atoms with Gasteiger partial charge in [-0.2, -0.15) is 0 Å². The first-order valence-electron chi connectivity index (χ1n) is 5.69. The number of nitrogens with two attached hydrogens (primary N) is 1. The quantitative estimate of drug-likeness (QED) is 0.791. The maximum Gasteiger partial charge on any atom is 0.0737 e. The molecule has 2 rings (SSSR count). The molecule has 0 fully saturated rings. The van der Waals surface area contributed by atoms with Crippen molar-refractivity contribution in [1.82, 2.24) is 4.98 Å².